The Bertz CT molecular complexity index is 575. The predicted octanol–water partition coefficient (Wildman–Crippen LogP) is 2.85. The molecule has 0 fully saturated rings. The molecule has 0 bridgehead atoms. The Labute approximate surface area is 99.7 Å². The Hall–Kier alpha value is -2.16. The van der Waals surface area contributed by atoms with Crippen molar-refractivity contribution in [1.29, 1.82) is 0 Å². The standard InChI is InChI=1S/C14H13NO2/c1-10(2)14(16)17-9-12-8-7-11-5-3-4-6-13(11)15-12/h3-8H,1,9H2,2H3. The third kappa shape index (κ3) is 2.69. The van der Waals surface area contributed by atoms with Crippen LogP contribution in [-0.4, -0.2) is 11.0 Å². The summed E-state index contributed by atoms with van der Waals surface area (Å²) < 4.78 is 5.04. The highest BCUT2D eigenvalue weighted by Gasteiger charge is 2.04. The lowest BCUT2D eigenvalue weighted by Crippen LogP contribution is -2.05. The van der Waals surface area contributed by atoms with Crippen molar-refractivity contribution >= 4 is 16.9 Å². The van der Waals surface area contributed by atoms with E-state index in [1.54, 1.807) is 6.92 Å². The molecule has 86 valence electrons. The van der Waals surface area contributed by atoms with Crippen LogP contribution in [0.1, 0.15) is 12.6 Å². The lowest BCUT2D eigenvalue weighted by Gasteiger charge is -2.04. The smallest absolute Gasteiger partial charge is 0.333 e. The Morgan fingerprint density at radius 1 is 1.29 bits per heavy atom. The number of fused-ring (bicyclic) bond motifs is 1. The molecule has 0 aliphatic rings. The summed E-state index contributed by atoms with van der Waals surface area (Å²) in [5.41, 5.74) is 2.03. The van der Waals surface area contributed by atoms with Gasteiger partial charge in [0.1, 0.15) is 6.61 Å². The molecule has 0 unspecified atom stereocenters. The second-order valence-electron chi connectivity index (χ2n) is 3.85. The van der Waals surface area contributed by atoms with Gasteiger partial charge >= 0.3 is 5.97 Å². The minimum atomic E-state index is -0.389. The monoisotopic (exact) mass is 227 g/mol. The SMILES string of the molecule is C=C(C)C(=O)OCc1ccc2ccccc2n1. The number of esters is 1. The summed E-state index contributed by atoms with van der Waals surface area (Å²) in [6, 6.07) is 11.6. The number of pyridine rings is 1. The van der Waals surface area contributed by atoms with E-state index >= 15 is 0 Å². The lowest BCUT2D eigenvalue weighted by molar-refractivity contribution is -0.140. The van der Waals surface area contributed by atoms with E-state index in [1.807, 2.05) is 36.4 Å². The molecule has 3 heteroatoms. The minimum Gasteiger partial charge on any atom is -0.456 e. The van der Waals surface area contributed by atoms with Crippen LogP contribution in [0.2, 0.25) is 0 Å². The molecular weight excluding hydrogens is 214 g/mol. The first-order valence-corrected chi connectivity index (χ1v) is 5.34. The van der Waals surface area contributed by atoms with Crippen molar-refractivity contribution in [2.45, 2.75) is 13.5 Å². The number of hydrogen-bond acceptors (Lipinski definition) is 3. The first kappa shape index (κ1) is 11.3. The van der Waals surface area contributed by atoms with Gasteiger partial charge in [-0.2, -0.15) is 0 Å². The number of hydrogen-bond donors (Lipinski definition) is 0. The largest absolute Gasteiger partial charge is 0.456 e. The zero-order valence-electron chi connectivity index (χ0n) is 9.64. The number of nitrogens with zero attached hydrogens (tertiary/aromatic N) is 1. The molecule has 0 saturated heterocycles. The van der Waals surface area contributed by atoms with E-state index < -0.39 is 0 Å². The van der Waals surface area contributed by atoms with Crippen LogP contribution in [0.4, 0.5) is 0 Å². The van der Waals surface area contributed by atoms with Gasteiger partial charge in [-0.3, -0.25) is 0 Å². The highest BCUT2D eigenvalue weighted by atomic mass is 16.5. The molecule has 2 aromatic rings. The minimum absolute atomic E-state index is 0.177. The second-order valence-corrected chi connectivity index (χ2v) is 3.85. The quantitative estimate of drug-likeness (QED) is 0.598. The lowest BCUT2D eigenvalue weighted by atomic mass is 10.2. The topological polar surface area (TPSA) is 39.2 Å². The van der Waals surface area contributed by atoms with Crippen LogP contribution in [0, 0.1) is 0 Å². The number of ether oxygens (including phenoxy) is 1. The predicted molar refractivity (Wildman–Crippen MR) is 66.4 cm³/mol. The van der Waals surface area contributed by atoms with Crippen molar-refractivity contribution in [2.75, 3.05) is 0 Å². The molecule has 0 radical (unpaired) electrons. The maximum Gasteiger partial charge on any atom is 0.333 e. The fourth-order valence-electron chi connectivity index (χ4n) is 1.45. The van der Waals surface area contributed by atoms with E-state index in [4.69, 9.17) is 4.74 Å². The zero-order valence-corrected chi connectivity index (χ0v) is 9.64. The Kier molecular flexibility index (Phi) is 3.19. The number of benzene rings is 1. The third-order valence-corrected chi connectivity index (χ3v) is 2.36. The van der Waals surface area contributed by atoms with Gasteiger partial charge in [0.05, 0.1) is 11.2 Å². The van der Waals surface area contributed by atoms with Gasteiger partial charge in [-0.05, 0) is 19.1 Å². The average molecular weight is 227 g/mol. The number of carbonyl (C=O) groups excluding carboxylic acids is 1. The molecule has 3 nitrogen and oxygen atoms in total. The van der Waals surface area contributed by atoms with Gasteiger partial charge in [0, 0.05) is 11.0 Å². The van der Waals surface area contributed by atoms with E-state index in [0.717, 1.165) is 16.6 Å². The maximum absolute atomic E-state index is 11.2. The second kappa shape index (κ2) is 4.78. The molecule has 1 aromatic heterocycles. The third-order valence-electron chi connectivity index (χ3n) is 2.36. The number of aromatic nitrogens is 1. The van der Waals surface area contributed by atoms with E-state index in [0.29, 0.717) is 5.57 Å². The van der Waals surface area contributed by atoms with Gasteiger partial charge in [0.2, 0.25) is 0 Å². The average Bonchev–Trinajstić information content (AvgIpc) is 2.35. The fourth-order valence-corrected chi connectivity index (χ4v) is 1.45. The maximum atomic E-state index is 11.2. The van der Waals surface area contributed by atoms with Crippen LogP contribution >= 0.6 is 0 Å². The Balaban J connectivity index is 2.14. The van der Waals surface area contributed by atoms with E-state index in [2.05, 4.69) is 11.6 Å². The fraction of sp³-hybridized carbons (Fsp3) is 0.143. The van der Waals surface area contributed by atoms with Gasteiger partial charge < -0.3 is 4.74 Å². The summed E-state index contributed by atoms with van der Waals surface area (Å²) >= 11 is 0. The van der Waals surface area contributed by atoms with Gasteiger partial charge in [-0.1, -0.05) is 30.8 Å². The van der Waals surface area contributed by atoms with Crippen LogP contribution < -0.4 is 0 Å². The highest BCUT2D eigenvalue weighted by Crippen LogP contribution is 2.12. The molecule has 2 rings (SSSR count). The van der Waals surface area contributed by atoms with Crippen LogP contribution in [0.3, 0.4) is 0 Å². The normalized spacial score (nSPS) is 10.2. The molecule has 0 saturated carbocycles. The van der Waals surface area contributed by atoms with Crippen LogP contribution in [-0.2, 0) is 16.1 Å². The van der Waals surface area contributed by atoms with Crippen molar-refractivity contribution in [1.82, 2.24) is 4.98 Å². The van der Waals surface area contributed by atoms with Gasteiger partial charge in [-0.25, -0.2) is 9.78 Å². The zero-order chi connectivity index (χ0) is 12.3. The molecular formula is C14H13NO2. The van der Waals surface area contributed by atoms with Crippen LogP contribution in [0.25, 0.3) is 10.9 Å². The number of carbonyl (C=O) groups is 1. The van der Waals surface area contributed by atoms with Crippen molar-refractivity contribution in [2.24, 2.45) is 0 Å². The molecule has 1 aromatic carbocycles. The molecule has 0 spiro atoms. The van der Waals surface area contributed by atoms with Crippen LogP contribution in [0.5, 0.6) is 0 Å². The van der Waals surface area contributed by atoms with E-state index in [-0.39, 0.29) is 12.6 Å². The first-order valence-electron chi connectivity index (χ1n) is 5.34. The Morgan fingerprint density at radius 2 is 2.06 bits per heavy atom. The summed E-state index contributed by atoms with van der Waals surface area (Å²) in [6.07, 6.45) is 0. The van der Waals surface area contributed by atoms with Crippen LogP contribution in [0.15, 0.2) is 48.6 Å². The number of rotatable bonds is 3. The summed E-state index contributed by atoms with van der Waals surface area (Å²) in [6.45, 7) is 5.32. The molecule has 0 aliphatic heterocycles. The molecule has 0 atom stereocenters. The van der Waals surface area contributed by atoms with E-state index in [1.165, 1.54) is 0 Å². The summed E-state index contributed by atoms with van der Waals surface area (Å²) in [4.78, 5) is 15.6. The van der Waals surface area contributed by atoms with Crippen molar-refractivity contribution in [3.8, 4) is 0 Å². The molecule has 0 N–H and O–H groups in total. The summed E-state index contributed by atoms with van der Waals surface area (Å²) in [7, 11) is 0. The first-order chi connectivity index (χ1) is 8.16. The molecule has 0 amide bonds. The highest BCUT2D eigenvalue weighted by molar-refractivity contribution is 5.86. The molecule has 17 heavy (non-hydrogen) atoms. The van der Waals surface area contributed by atoms with E-state index in [9.17, 15) is 4.79 Å². The van der Waals surface area contributed by atoms with Gasteiger partial charge in [0.15, 0.2) is 0 Å². The summed E-state index contributed by atoms with van der Waals surface area (Å²) in [5.74, 6) is -0.389. The van der Waals surface area contributed by atoms with Crippen molar-refractivity contribution in [3.05, 3.63) is 54.2 Å². The van der Waals surface area contributed by atoms with Crippen molar-refractivity contribution in [3.63, 3.8) is 0 Å². The van der Waals surface area contributed by atoms with Crippen molar-refractivity contribution < 1.29 is 9.53 Å². The summed E-state index contributed by atoms with van der Waals surface area (Å²) in [5, 5.41) is 1.07. The molecule has 1 heterocycles. The van der Waals surface area contributed by atoms with Gasteiger partial charge in [-0.15, -0.1) is 0 Å². The Morgan fingerprint density at radius 3 is 2.82 bits per heavy atom. The number of para-hydroxylation sites is 1. The van der Waals surface area contributed by atoms with Gasteiger partial charge in [0.25, 0.3) is 0 Å². The molecule has 0 aliphatic carbocycles.